The van der Waals surface area contributed by atoms with Gasteiger partial charge >= 0.3 is 0 Å². The molecule has 1 N–H and O–H groups in total. The number of thiophene rings is 1. The van der Waals surface area contributed by atoms with Crippen LogP contribution in [-0.4, -0.2) is 0 Å². The number of halogens is 1. The van der Waals surface area contributed by atoms with Gasteiger partial charge in [0.15, 0.2) is 0 Å². The maximum absolute atomic E-state index is 13.6. The lowest BCUT2D eigenvalue weighted by molar-refractivity contribution is 0.618. The molecule has 0 saturated carbocycles. The molecule has 1 aromatic heterocycles. The molecule has 1 aliphatic rings. The van der Waals surface area contributed by atoms with E-state index in [-0.39, 0.29) is 11.9 Å². The highest BCUT2D eigenvalue weighted by Gasteiger charge is 2.16. The minimum absolute atomic E-state index is 0.146. The smallest absolute Gasteiger partial charge is 0.128 e. The summed E-state index contributed by atoms with van der Waals surface area (Å²) in [5, 5.41) is 3.41. The zero-order chi connectivity index (χ0) is 14.1. The summed E-state index contributed by atoms with van der Waals surface area (Å²) in [6.07, 6.45) is 5.08. The maximum Gasteiger partial charge on any atom is 0.128 e. The predicted molar refractivity (Wildman–Crippen MR) is 84.1 cm³/mol. The van der Waals surface area contributed by atoms with Crippen LogP contribution in [0.4, 0.5) is 10.1 Å². The fourth-order valence-electron chi connectivity index (χ4n) is 2.73. The van der Waals surface area contributed by atoms with Crippen LogP contribution in [-0.2, 0) is 12.8 Å². The molecule has 0 amide bonds. The van der Waals surface area contributed by atoms with Gasteiger partial charge in [-0.25, -0.2) is 4.39 Å². The Kier molecular flexibility index (Phi) is 3.79. The number of nitrogens with one attached hydrogen (secondary N) is 1. The van der Waals surface area contributed by atoms with E-state index in [9.17, 15) is 4.39 Å². The molecule has 0 saturated heterocycles. The Morgan fingerprint density at radius 2 is 2.00 bits per heavy atom. The fourth-order valence-corrected chi connectivity index (χ4v) is 3.99. The Morgan fingerprint density at radius 1 is 1.20 bits per heavy atom. The summed E-state index contributed by atoms with van der Waals surface area (Å²) < 4.78 is 13.6. The largest absolute Gasteiger partial charge is 0.378 e. The maximum atomic E-state index is 13.6. The van der Waals surface area contributed by atoms with Gasteiger partial charge in [0.05, 0.1) is 6.04 Å². The molecule has 2 aromatic rings. The molecular weight excluding hydrogens is 269 g/mol. The average Bonchev–Trinajstić information content (AvgIpc) is 2.87. The van der Waals surface area contributed by atoms with E-state index in [1.54, 1.807) is 17.9 Å². The van der Waals surface area contributed by atoms with Crippen LogP contribution in [0.1, 0.15) is 46.7 Å². The Hall–Kier alpha value is -1.35. The zero-order valence-electron chi connectivity index (χ0n) is 12.0. The highest BCUT2D eigenvalue weighted by molar-refractivity contribution is 7.12. The van der Waals surface area contributed by atoms with Gasteiger partial charge in [0.25, 0.3) is 0 Å². The molecule has 1 nitrogen and oxygen atoms in total. The van der Waals surface area contributed by atoms with Crippen molar-refractivity contribution >= 4 is 17.0 Å². The van der Waals surface area contributed by atoms with Crippen molar-refractivity contribution in [1.29, 1.82) is 0 Å². The van der Waals surface area contributed by atoms with Crippen molar-refractivity contribution in [2.45, 2.75) is 45.6 Å². The summed E-state index contributed by atoms with van der Waals surface area (Å²) >= 11 is 1.91. The number of hydrogen-bond donors (Lipinski definition) is 1. The third-order valence-corrected chi connectivity index (χ3v) is 5.42. The number of aryl methyl sites for hydroxylation is 3. The molecule has 3 rings (SSSR count). The van der Waals surface area contributed by atoms with Crippen LogP contribution in [0, 0.1) is 12.7 Å². The molecule has 1 atom stereocenters. The molecule has 106 valence electrons. The number of benzene rings is 1. The zero-order valence-corrected chi connectivity index (χ0v) is 12.8. The molecule has 1 aromatic carbocycles. The first-order chi connectivity index (χ1) is 9.63. The summed E-state index contributed by atoms with van der Waals surface area (Å²) in [4.78, 5) is 2.91. The van der Waals surface area contributed by atoms with Gasteiger partial charge < -0.3 is 5.32 Å². The molecule has 0 bridgehead atoms. The highest BCUT2D eigenvalue weighted by Crippen LogP contribution is 2.34. The molecule has 0 fully saturated rings. The van der Waals surface area contributed by atoms with Gasteiger partial charge in [0, 0.05) is 15.4 Å². The Morgan fingerprint density at radius 3 is 2.75 bits per heavy atom. The van der Waals surface area contributed by atoms with Gasteiger partial charge in [-0.05, 0) is 68.9 Å². The first-order valence-electron chi connectivity index (χ1n) is 7.27. The van der Waals surface area contributed by atoms with Crippen molar-refractivity contribution in [2.75, 3.05) is 5.32 Å². The Balaban J connectivity index is 1.76. The molecule has 1 aliphatic carbocycles. The molecule has 1 heterocycles. The first kappa shape index (κ1) is 13.6. The molecule has 0 radical (unpaired) electrons. The van der Waals surface area contributed by atoms with E-state index < -0.39 is 0 Å². The number of fused-ring (bicyclic) bond motifs is 1. The summed E-state index contributed by atoms with van der Waals surface area (Å²) in [6, 6.07) is 7.92. The summed E-state index contributed by atoms with van der Waals surface area (Å²) in [5.74, 6) is -0.146. The van der Waals surface area contributed by atoms with E-state index >= 15 is 0 Å². The van der Waals surface area contributed by atoms with Crippen LogP contribution in [0.15, 0.2) is 24.3 Å². The average molecular weight is 289 g/mol. The lowest BCUT2D eigenvalue weighted by Gasteiger charge is -2.14. The summed E-state index contributed by atoms with van der Waals surface area (Å²) in [6.45, 7) is 3.94. The van der Waals surface area contributed by atoms with Gasteiger partial charge in [0.1, 0.15) is 5.82 Å². The third-order valence-electron chi connectivity index (χ3n) is 4.00. The monoisotopic (exact) mass is 289 g/mol. The van der Waals surface area contributed by atoms with Crippen LogP contribution in [0.2, 0.25) is 0 Å². The Labute approximate surface area is 123 Å². The summed E-state index contributed by atoms with van der Waals surface area (Å²) in [5.41, 5.74) is 3.07. The number of anilines is 1. The van der Waals surface area contributed by atoms with Crippen molar-refractivity contribution in [1.82, 2.24) is 0 Å². The van der Waals surface area contributed by atoms with E-state index in [4.69, 9.17) is 0 Å². The van der Waals surface area contributed by atoms with E-state index in [2.05, 4.69) is 18.3 Å². The van der Waals surface area contributed by atoms with Crippen LogP contribution in [0.25, 0.3) is 0 Å². The second-order valence-corrected chi connectivity index (χ2v) is 6.80. The predicted octanol–water partition coefficient (Wildman–Crippen LogP) is 5.25. The quantitative estimate of drug-likeness (QED) is 0.814. The first-order valence-corrected chi connectivity index (χ1v) is 8.09. The van der Waals surface area contributed by atoms with E-state index in [0.717, 1.165) is 5.69 Å². The molecule has 1 unspecified atom stereocenters. The van der Waals surface area contributed by atoms with Crippen molar-refractivity contribution < 1.29 is 4.39 Å². The van der Waals surface area contributed by atoms with Gasteiger partial charge in [0.2, 0.25) is 0 Å². The fraction of sp³-hybridized carbons (Fsp3) is 0.412. The molecule has 0 aliphatic heterocycles. The Bertz CT molecular complexity index is 594. The van der Waals surface area contributed by atoms with Crippen LogP contribution < -0.4 is 5.32 Å². The minimum atomic E-state index is -0.146. The van der Waals surface area contributed by atoms with Crippen molar-refractivity contribution in [3.05, 3.63) is 51.0 Å². The second-order valence-electron chi connectivity index (χ2n) is 5.63. The SMILES string of the molecule is Cc1ccc(NC(C)c2cc3c(s2)CCCC3)cc1F. The minimum Gasteiger partial charge on any atom is -0.378 e. The van der Waals surface area contributed by atoms with Gasteiger partial charge in [-0.15, -0.1) is 11.3 Å². The van der Waals surface area contributed by atoms with Crippen LogP contribution in [0.3, 0.4) is 0 Å². The highest BCUT2D eigenvalue weighted by atomic mass is 32.1. The van der Waals surface area contributed by atoms with E-state index in [1.807, 2.05) is 23.5 Å². The standard InChI is InChI=1S/C17H20FNS/c1-11-7-8-14(10-15(11)18)19-12(2)17-9-13-5-3-4-6-16(13)20-17/h7-10,12,19H,3-6H2,1-2H3. The lowest BCUT2D eigenvalue weighted by atomic mass is 9.99. The normalized spacial score (nSPS) is 15.8. The molecule has 3 heteroatoms. The molecular formula is C17H20FNS. The summed E-state index contributed by atoms with van der Waals surface area (Å²) in [7, 11) is 0. The van der Waals surface area contributed by atoms with E-state index in [0.29, 0.717) is 5.56 Å². The van der Waals surface area contributed by atoms with Gasteiger partial charge in [-0.3, -0.25) is 0 Å². The van der Waals surface area contributed by atoms with Gasteiger partial charge in [-0.1, -0.05) is 6.07 Å². The van der Waals surface area contributed by atoms with Crippen LogP contribution >= 0.6 is 11.3 Å². The molecule has 0 spiro atoms. The van der Waals surface area contributed by atoms with Crippen molar-refractivity contribution in [3.63, 3.8) is 0 Å². The van der Waals surface area contributed by atoms with Gasteiger partial charge in [-0.2, -0.15) is 0 Å². The number of hydrogen-bond acceptors (Lipinski definition) is 2. The lowest BCUT2D eigenvalue weighted by Crippen LogP contribution is -2.05. The second kappa shape index (κ2) is 5.57. The van der Waals surface area contributed by atoms with E-state index in [1.165, 1.54) is 36.1 Å². The topological polar surface area (TPSA) is 12.0 Å². The number of rotatable bonds is 3. The van der Waals surface area contributed by atoms with Crippen molar-refractivity contribution in [3.8, 4) is 0 Å². The molecule has 20 heavy (non-hydrogen) atoms. The third kappa shape index (κ3) is 2.73. The van der Waals surface area contributed by atoms with Crippen molar-refractivity contribution in [2.24, 2.45) is 0 Å². The van der Waals surface area contributed by atoms with Crippen LogP contribution in [0.5, 0.6) is 0 Å².